The second kappa shape index (κ2) is 7.21. The minimum atomic E-state index is -0.257. The Morgan fingerprint density at radius 1 is 1.10 bits per heavy atom. The minimum absolute atomic E-state index is 0.0855. The first-order valence-electron chi connectivity index (χ1n) is 8.33. The van der Waals surface area contributed by atoms with Crippen LogP contribution >= 0.6 is 0 Å². The Balaban J connectivity index is 1.63. The Labute approximate surface area is 124 Å². The van der Waals surface area contributed by atoms with Gasteiger partial charge in [-0.15, -0.1) is 0 Å². The quantitative estimate of drug-likeness (QED) is 0.798. The minimum Gasteiger partial charge on any atom is -0.390 e. The van der Waals surface area contributed by atoms with Gasteiger partial charge in [0.1, 0.15) is 0 Å². The van der Waals surface area contributed by atoms with Crippen molar-refractivity contribution in [2.24, 2.45) is 0 Å². The SMILES string of the molecule is CC(C)(C)NCC(O)CN1CCN(C2CCCC2)CC1. The molecular weight excluding hydrogens is 250 g/mol. The predicted octanol–water partition coefficient (Wildman–Crippen LogP) is 1.30. The van der Waals surface area contributed by atoms with E-state index in [0.29, 0.717) is 6.54 Å². The Morgan fingerprint density at radius 2 is 1.70 bits per heavy atom. The van der Waals surface area contributed by atoms with Gasteiger partial charge in [-0.1, -0.05) is 12.8 Å². The fourth-order valence-corrected chi connectivity index (χ4v) is 3.37. The lowest BCUT2D eigenvalue weighted by atomic mass is 10.1. The van der Waals surface area contributed by atoms with Crippen LogP contribution < -0.4 is 5.32 Å². The summed E-state index contributed by atoms with van der Waals surface area (Å²) in [6.45, 7) is 12.5. The van der Waals surface area contributed by atoms with E-state index in [1.54, 1.807) is 0 Å². The number of β-amino-alcohol motifs (C(OH)–C–C–N with tert-alkyl or cyclic N) is 1. The highest BCUT2D eigenvalue weighted by molar-refractivity contribution is 4.83. The molecule has 0 amide bonds. The van der Waals surface area contributed by atoms with E-state index in [1.807, 2.05) is 0 Å². The molecule has 0 spiro atoms. The molecule has 4 nitrogen and oxygen atoms in total. The Morgan fingerprint density at radius 3 is 2.25 bits per heavy atom. The summed E-state index contributed by atoms with van der Waals surface area (Å²) in [7, 11) is 0. The molecule has 4 heteroatoms. The second-order valence-electron chi connectivity index (χ2n) is 7.56. The van der Waals surface area contributed by atoms with E-state index in [1.165, 1.54) is 38.8 Å². The zero-order valence-electron chi connectivity index (χ0n) is 13.6. The molecule has 0 aromatic rings. The van der Waals surface area contributed by atoms with Crippen LogP contribution in [0.4, 0.5) is 0 Å². The van der Waals surface area contributed by atoms with E-state index >= 15 is 0 Å². The molecule has 0 radical (unpaired) electrons. The Hall–Kier alpha value is -0.160. The highest BCUT2D eigenvalue weighted by atomic mass is 16.3. The van der Waals surface area contributed by atoms with Gasteiger partial charge in [-0.3, -0.25) is 9.80 Å². The average Bonchev–Trinajstić information content (AvgIpc) is 2.90. The highest BCUT2D eigenvalue weighted by Crippen LogP contribution is 2.24. The van der Waals surface area contributed by atoms with Crippen molar-refractivity contribution in [3.63, 3.8) is 0 Å². The zero-order valence-corrected chi connectivity index (χ0v) is 13.6. The normalized spacial score (nSPS) is 25.2. The maximum atomic E-state index is 10.1. The van der Waals surface area contributed by atoms with Gasteiger partial charge in [0.2, 0.25) is 0 Å². The lowest BCUT2D eigenvalue weighted by molar-refractivity contribution is 0.0551. The van der Waals surface area contributed by atoms with Crippen molar-refractivity contribution in [3.8, 4) is 0 Å². The molecule has 2 aliphatic rings. The molecule has 1 aliphatic carbocycles. The first-order chi connectivity index (χ1) is 9.44. The Bertz CT molecular complexity index is 276. The van der Waals surface area contributed by atoms with Crippen LogP contribution in [0.25, 0.3) is 0 Å². The zero-order chi connectivity index (χ0) is 14.6. The van der Waals surface area contributed by atoms with E-state index in [2.05, 4.69) is 35.9 Å². The molecule has 0 bridgehead atoms. The van der Waals surface area contributed by atoms with Gasteiger partial charge in [0, 0.05) is 50.8 Å². The number of nitrogens with zero attached hydrogens (tertiary/aromatic N) is 2. The van der Waals surface area contributed by atoms with Gasteiger partial charge < -0.3 is 10.4 Å². The van der Waals surface area contributed by atoms with Crippen molar-refractivity contribution in [1.82, 2.24) is 15.1 Å². The molecule has 1 atom stereocenters. The number of aliphatic hydroxyl groups is 1. The standard InChI is InChI=1S/C16H33N3O/c1-16(2,3)17-12-15(20)13-18-8-10-19(11-9-18)14-6-4-5-7-14/h14-15,17,20H,4-13H2,1-3H3. The third-order valence-corrected chi connectivity index (χ3v) is 4.58. The molecule has 0 aromatic heterocycles. The molecule has 2 fully saturated rings. The van der Waals surface area contributed by atoms with Crippen LogP contribution in [0.3, 0.4) is 0 Å². The molecule has 118 valence electrons. The van der Waals surface area contributed by atoms with Crippen molar-refractivity contribution in [1.29, 1.82) is 0 Å². The molecule has 1 saturated carbocycles. The van der Waals surface area contributed by atoms with Gasteiger partial charge in [0.15, 0.2) is 0 Å². The molecule has 1 unspecified atom stereocenters. The van der Waals surface area contributed by atoms with Gasteiger partial charge in [0.05, 0.1) is 6.10 Å². The number of hydrogen-bond acceptors (Lipinski definition) is 4. The summed E-state index contributed by atoms with van der Waals surface area (Å²) < 4.78 is 0. The van der Waals surface area contributed by atoms with Crippen molar-refractivity contribution in [2.45, 2.75) is 64.1 Å². The summed E-state index contributed by atoms with van der Waals surface area (Å²) in [5, 5.41) is 13.5. The van der Waals surface area contributed by atoms with Gasteiger partial charge >= 0.3 is 0 Å². The summed E-state index contributed by atoms with van der Waals surface area (Å²) in [5.41, 5.74) is 0.0855. The van der Waals surface area contributed by atoms with Crippen molar-refractivity contribution in [2.75, 3.05) is 39.3 Å². The topological polar surface area (TPSA) is 38.7 Å². The van der Waals surface area contributed by atoms with Crippen LogP contribution in [-0.2, 0) is 0 Å². The first-order valence-corrected chi connectivity index (χ1v) is 8.33. The van der Waals surface area contributed by atoms with E-state index < -0.39 is 0 Å². The molecule has 0 aromatic carbocycles. The van der Waals surface area contributed by atoms with Gasteiger partial charge in [-0.25, -0.2) is 0 Å². The van der Waals surface area contributed by atoms with Crippen LogP contribution in [-0.4, -0.2) is 71.9 Å². The fourth-order valence-electron chi connectivity index (χ4n) is 3.37. The number of hydrogen-bond donors (Lipinski definition) is 2. The summed E-state index contributed by atoms with van der Waals surface area (Å²) in [6, 6.07) is 0.852. The van der Waals surface area contributed by atoms with Crippen LogP contribution in [0.2, 0.25) is 0 Å². The predicted molar refractivity (Wildman–Crippen MR) is 84.0 cm³/mol. The Kier molecular flexibility index (Phi) is 5.84. The van der Waals surface area contributed by atoms with E-state index in [0.717, 1.165) is 25.7 Å². The van der Waals surface area contributed by atoms with Crippen LogP contribution in [0.15, 0.2) is 0 Å². The van der Waals surface area contributed by atoms with Crippen molar-refractivity contribution < 1.29 is 5.11 Å². The van der Waals surface area contributed by atoms with E-state index in [-0.39, 0.29) is 11.6 Å². The maximum Gasteiger partial charge on any atom is 0.0791 e. The number of nitrogens with one attached hydrogen (secondary N) is 1. The van der Waals surface area contributed by atoms with Gasteiger partial charge in [-0.05, 0) is 33.6 Å². The first kappa shape index (κ1) is 16.2. The smallest absolute Gasteiger partial charge is 0.0791 e. The monoisotopic (exact) mass is 283 g/mol. The summed E-state index contributed by atoms with van der Waals surface area (Å²) in [4.78, 5) is 5.09. The number of piperazine rings is 1. The highest BCUT2D eigenvalue weighted by Gasteiger charge is 2.26. The lowest BCUT2D eigenvalue weighted by Crippen LogP contribution is -2.52. The summed E-state index contributed by atoms with van der Waals surface area (Å²) >= 11 is 0. The second-order valence-corrected chi connectivity index (χ2v) is 7.56. The third-order valence-electron chi connectivity index (χ3n) is 4.58. The molecular formula is C16H33N3O. The van der Waals surface area contributed by atoms with Gasteiger partial charge in [0.25, 0.3) is 0 Å². The van der Waals surface area contributed by atoms with E-state index in [4.69, 9.17) is 0 Å². The molecule has 2 rings (SSSR count). The van der Waals surface area contributed by atoms with Gasteiger partial charge in [-0.2, -0.15) is 0 Å². The number of rotatable bonds is 5. The molecule has 20 heavy (non-hydrogen) atoms. The lowest BCUT2D eigenvalue weighted by Gasteiger charge is -2.38. The van der Waals surface area contributed by atoms with Crippen LogP contribution in [0.1, 0.15) is 46.5 Å². The number of aliphatic hydroxyl groups excluding tert-OH is 1. The molecule has 2 N–H and O–H groups in total. The van der Waals surface area contributed by atoms with Crippen LogP contribution in [0, 0.1) is 0 Å². The van der Waals surface area contributed by atoms with E-state index in [9.17, 15) is 5.11 Å². The van der Waals surface area contributed by atoms with Crippen LogP contribution in [0.5, 0.6) is 0 Å². The fraction of sp³-hybridized carbons (Fsp3) is 1.00. The molecule has 1 aliphatic heterocycles. The largest absolute Gasteiger partial charge is 0.390 e. The summed E-state index contributed by atoms with van der Waals surface area (Å²) in [5.74, 6) is 0. The average molecular weight is 283 g/mol. The van der Waals surface area contributed by atoms with Crippen molar-refractivity contribution >= 4 is 0 Å². The molecule has 1 saturated heterocycles. The maximum absolute atomic E-state index is 10.1. The van der Waals surface area contributed by atoms with Crippen molar-refractivity contribution in [3.05, 3.63) is 0 Å². The summed E-state index contributed by atoms with van der Waals surface area (Å²) in [6.07, 6.45) is 5.38. The molecule has 1 heterocycles. The third kappa shape index (κ3) is 5.32.